The molecule has 1 saturated heterocycles. The molecular weight excluding hydrogens is 300 g/mol. The Labute approximate surface area is 132 Å². The van der Waals surface area contributed by atoms with E-state index in [9.17, 15) is 13.2 Å². The number of amides is 1. The summed E-state index contributed by atoms with van der Waals surface area (Å²) in [5.74, 6) is 0.0523. The molecule has 122 valence electrons. The van der Waals surface area contributed by atoms with Crippen LogP contribution in [0.15, 0.2) is 24.3 Å². The molecule has 0 radical (unpaired) electrons. The first kappa shape index (κ1) is 17.0. The first-order valence-corrected chi connectivity index (χ1v) is 9.42. The molecule has 1 aromatic rings. The molecule has 6 heteroatoms. The van der Waals surface area contributed by atoms with E-state index in [4.69, 9.17) is 0 Å². The summed E-state index contributed by atoms with van der Waals surface area (Å²) < 4.78 is 24.0. The van der Waals surface area contributed by atoms with Gasteiger partial charge in [-0.2, -0.15) is 0 Å². The number of benzene rings is 1. The van der Waals surface area contributed by atoms with Gasteiger partial charge in [0.2, 0.25) is 5.91 Å². The number of carbonyl (C=O) groups excluding carboxylic acids is 1. The third-order valence-corrected chi connectivity index (χ3v) is 6.16. The van der Waals surface area contributed by atoms with Gasteiger partial charge in [0.15, 0.2) is 9.84 Å². The average molecular weight is 324 g/mol. The number of piperidine rings is 1. The fraction of sp³-hybridized carbons (Fsp3) is 0.562. The van der Waals surface area contributed by atoms with Gasteiger partial charge >= 0.3 is 0 Å². The van der Waals surface area contributed by atoms with Crippen LogP contribution >= 0.6 is 0 Å². The molecule has 1 heterocycles. The maximum atomic E-state index is 12.2. The van der Waals surface area contributed by atoms with Crippen LogP contribution < -0.4 is 10.6 Å². The molecule has 1 aliphatic rings. The Kier molecular flexibility index (Phi) is 5.58. The van der Waals surface area contributed by atoms with Crippen LogP contribution in [0.4, 0.5) is 5.69 Å². The van der Waals surface area contributed by atoms with Crippen molar-refractivity contribution in [2.24, 2.45) is 5.92 Å². The highest BCUT2D eigenvalue weighted by Crippen LogP contribution is 2.18. The van der Waals surface area contributed by atoms with Crippen molar-refractivity contribution in [2.45, 2.75) is 37.7 Å². The van der Waals surface area contributed by atoms with Crippen molar-refractivity contribution in [1.29, 1.82) is 0 Å². The summed E-state index contributed by atoms with van der Waals surface area (Å²) >= 11 is 0. The number of hydrogen-bond acceptors (Lipinski definition) is 4. The summed E-state index contributed by atoms with van der Waals surface area (Å²) in [6.07, 6.45) is 1.68. The molecule has 0 atom stereocenters. The van der Waals surface area contributed by atoms with E-state index in [1.165, 1.54) is 0 Å². The Bertz CT molecular complexity index is 620. The molecule has 0 unspecified atom stereocenters. The Balaban J connectivity index is 2.03. The molecule has 2 N–H and O–H groups in total. The lowest BCUT2D eigenvalue weighted by molar-refractivity contribution is -0.120. The van der Waals surface area contributed by atoms with Gasteiger partial charge in [-0.3, -0.25) is 4.79 Å². The van der Waals surface area contributed by atoms with Gasteiger partial charge in [-0.25, -0.2) is 8.42 Å². The molecule has 5 nitrogen and oxygen atoms in total. The van der Waals surface area contributed by atoms with Gasteiger partial charge in [-0.05, 0) is 57.5 Å². The van der Waals surface area contributed by atoms with Gasteiger partial charge in [0.1, 0.15) is 0 Å². The SMILES string of the molecule is CC(C)S(=O)(=O)Cc1cccc(NC(=O)C2CCNCC2)c1. The van der Waals surface area contributed by atoms with Crippen molar-refractivity contribution < 1.29 is 13.2 Å². The fourth-order valence-electron chi connectivity index (χ4n) is 2.47. The maximum Gasteiger partial charge on any atom is 0.227 e. The van der Waals surface area contributed by atoms with E-state index in [1.54, 1.807) is 38.1 Å². The lowest BCUT2D eigenvalue weighted by Crippen LogP contribution is -2.34. The highest BCUT2D eigenvalue weighted by molar-refractivity contribution is 7.91. The van der Waals surface area contributed by atoms with Gasteiger partial charge in [0.25, 0.3) is 0 Å². The van der Waals surface area contributed by atoms with E-state index in [0.29, 0.717) is 11.3 Å². The van der Waals surface area contributed by atoms with Crippen LogP contribution in [0.25, 0.3) is 0 Å². The van der Waals surface area contributed by atoms with E-state index in [0.717, 1.165) is 25.9 Å². The van der Waals surface area contributed by atoms with Crippen LogP contribution in [0.3, 0.4) is 0 Å². The van der Waals surface area contributed by atoms with Crippen molar-refractivity contribution in [3.63, 3.8) is 0 Å². The Hall–Kier alpha value is -1.40. The number of anilines is 1. The number of rotatable bonds is 5. The van der Waals surface area contributed by atoms with Crippen LogP contribution in [0.2, 0.25) is 0 Å². The third kappa shape index (κ3) is 4.55. The minimum absolute atomic E-state index is 0.00171. The second-order valence-corrected chi connectivity index (χ2v) is 8.63. The predicted octanol–water partition coefficient (Wildman–Crippen LogP) is 1.95. The standard InChI is InChI=1S/C16H24N2O3S/c1-12(2)22(20,21)11-13-4-3-5-15(10-13)18-16(19)14-6-8-17-9-7-14/h3-5,10,12,14,17H,6-9,11H2,1-2H3,(H,18,19). The van der Waals surface area contributed by atoms with Gasteiger partial charge in [0.05, 0.1) is 11.0 Å². The molecule has 2 rings (SSSR count). The summed E-state index contributed by atoms with van der Waals surface area (Å²) in [4.78, 5) is 12.2. The third-order valence-electron chi connectivity index (χ3n) is 3.99. The Morgan fingerprint density at radius 2 is 2.00 bits per heavy atom. The largest absolute Gasteiger partial charge is 0.326 e. The summed E-state index contributed by atoms with van der Waals surface area (Å²) in [5.41, 5.74) is 1.37. The minimum Gasteiger partial charge on any atom is -0.326 e. The molecule has 1 aliphatic heterocycles. The predicted molar refractivity (Wildman–Crippen MR) is 88.4 cm³/mol. The van der Waals surface area contributed by atoms with Crippen molar-refractivity contribution in [2.75, 3.05) is 18.4 Å². The van der Waals surface area contributed by atoms with Gasteiger partial charge in [-0.15, -0.1) is 0 Å². The van der Waals surface area contributed by atoms with E-state index >= 15 is 0 Å². The zero-order valence-corrected chi connectivity index (χ0v) is 13.9. The molecule has 0 aromatic heterocycles. The molecule has 22 heavy (non-hydrogen) atoms. The molecule has 1 fully saturated rings. The lowest BCUT2D eigenvalue weighted by atomic mass is 9.97. The van der Waals surface area contributed by atoms with E-state index in [1.807, 2.05) is 0 Å². The average Bonchev–Trinajstić information content (AvgIpc) is 2.48. The van der Waals surface area contributed by atoms with Gasteiger partial charge in [-0.1, -0.05) is 12.1 Å². The van der Waals surface area contributed by atoms with Crippen molar-refractivity contribution in [1.82, 2.24) is 5.32 Å². The van der Waals surface area contributed by atoms with Crippen LogP contribution in [0, 0.1) is 5.92 Å². The lowest BCUT2D eigenvalue weighted by Gasteiger charge is -2.21. The topological polar surface area (TPSA) is 75.3 Å². The zero-order valence-electron chi connectivity index (χ0n) is 13.1. The quantitative estimate of drug-likeness (QED) is 0.868. The Morgan fingerprint density at radius 1 is 1.32 bits per heavy atom. The van der Waals surface area contributed by atoms with Gasteiger partial charge < -0.3 is 10.6 Å². The second-order valence-electron chi connectivity index (χ2n) is 6.07. The summed E-state index contributed by atoms with van der Waals surface area (Å²) in [5, 5.41) is 5.74. The monoisotopic (exact) mass is 324 g/mol. The number of hydrogen-bond donors (Lipinski definition) is 2. The van der Waals surface area contributed by atoms with Crippen LogP contribution in [-0.2, 0) is 20.4 Å². The smallest absolute Gasteiger partial charge is 0.227 e. The van der Waals surface area contributed by atoms with Crippen LogP contribution in [0.1, 0.15) is 32.3 Å². The zero-order chi connectivity index (χ0) is 16.2. The fourth-order valence-corrected chi connectivity index (χ4v) is 3.44. The van der Waals surface area contributed by atoms with E-state index < -0.39 is 15.1 Å². The molecule has 1 aromatic carbocycles. The second kappa shape index (κ2) is 7.24. The van der Waals surface area contributed by atoms with E-state index in [2.05, 4.69) is 10.6 Å². The first-order valence-electron chi connectivity index (χ1n) is 7.70. The summed E-state index contributed by atoms with van der Waals surface area (Å²) in [6, 6.07) is 7.10. The van der Waals surface area contributed by atoms with Crippen LogP contribution in [0.5, 0.6) is 0 Å². The number of carbonyl (C=O) groups is 1. The normalized spacial score (nSPS) is 16.7. The molecule has 0 spiro atoms. The molecule has 1 amide bonds. The Morgan fingerprint density at radius 3 is 2.64 bits per heavy atom. The highest BCUT2D eigenvalue weighted by Gasteiger charge is 2.21. The summed E-state index contributed by atoms with van der Waals surface area (Å²) in [6.45, 7) is 5.09. The number of nitrogens with one attached hydrogen (secondary N) is 2. The van der Waals surface area contributed by atoms with Gasteiger partial charge in [0, 0.05) is 11.6 Å². The van der Waals surface area contributed by atoms with Crippen molar-refractivity contribution >= 4 is 21.4 Å². The summed E-state index contributed by atoms with van der Waals surface area (Å²) in [7, 11) is -3.14. The maximum absolute atomic E-state index is 12.2. The van der Waals surface area contributed by atoms with Crippen molar-refractivity contribution in [3.05, 3.63) is 29.8 Å². The molecular formula is C16H24N2O3S. The first-order chi connectivity index (χ1) is 10.4. The molecule has 0 saturated carbocycles. The minimum atomic E-state index is -3.14. The van der Waals surface area contributed by atoms with Crippen LogP contribution in [-0.4, -0.2) is 32.7 Å². The highest BCUT2D eigenvalue weighted by atomic mass is 32.2. The molecule has 0 aliphatic carbocycles. The van der Waals surface area contributed by atoms with E-state index in [-0.39, 0.29) is 17.6 Å². The number of sulfone groups is 1. The molecule has 0 bridgehead atoms. The van der Waals surface area contributed by atoms with Crippen molar-refractivity contribution in [3.8, 4) is 0 Å².